The number of benzene rings is 3. The lowest BCUT2D eigenvalue weighted by Gasteiger charge is -2.17. The van der Waals surface area contributed by atoms with Gasteiger partial charge in [0.25, 0.3) is 11.8 Å². The smallest absolute Gasteiger partial charge is 0.269 e. The summed E-state index contributed by atoms with van der Waals surface area (Å²) in [5, 5.41) is 0.998. The quantitative estimate of drug-likeness (QED) is 0.261. The zero-order chi connectivity index (χ0) is 27.6. The lowest BCUT2D eigenvalue weighted by molar-refractivity contribution is 0.0846. The summed E-state index contributed by atoms with van der Waals surface area (Å²) in [6, 6.07) is 19.7. The molecule has 0 saturated carbocycles. The summed E-state index contributed by atoms with van der Waals surface area (Å²) in [7, 11) is 0. The molecule has 2 amide bonds. The van der Waals surface area contributed by atoms with E-state index in [0.29, 0.717) is 55.0 Å². The van der Waals surface area contributed by atoms with Crippen LogP contribution in [0.1, 0.15) is 47.1 Å². The lowest BCUT2D eigenvalue weighted by atomic mass is 10.1. The van der Waals surface area contributed by atoms with Gasteiger partial charge >= 0.3 is 0 Å². The van der Waals surface area contributed by atoms with Gasteiger partial charge in [0.2, 0.25) is 5.75 Å². The summed E-state index contributed by atoms with van der Waals surface area (Å²) in [6.45, 7) is 7.01. The molecule has 4 rings (SSSR count). The molecule has 0 saturated heterocycles. The highest BCUT2D eigenvalue weighted by Gasteiger charge is 2.19. The van der Waals surface area contributed by atoms with E-state index in [1.165, 1.54) is 0 Å². The maximum absolute atomic E-state index is 12.8. The van der Waals surface area contributed by atoms with Crippen molar-refractivity contribution in [2.75, 3.05) is 19.8 Å². The van der Waals surface area contributed by atoms with Crippen molar-refractivity contribution < 1.29 is 28.5 Å². The second kappa shape index (κ2) is 13.1. The zero-order valence-electron chi connectivity index (χ0n) is 22.2. The van der Waals surface area contributed by atoms with E-state index >= 15 is 0 Å². The highest BCUT2D eigenvalue weighted by molar-refractivity contribution is 5.99. The van der Waals surface area contributed by atoms with Crippen LogP contribution in [0.2, 0.25) is 0 Å². The van der Waals surface area contributed by atoms with Crippen LogP contribution in [0.25, 0.3) is 10.9 Å². The van der Waals surface area contributed by atoms with Crippen LogP contribution in [0.4, 0.5) is 0 Å². The summed E-state index contributed by atoms with van der Waals surface area (Å²) >= 11 is 0. The summed E-state index contributed by atoms with van der Waals surface area (Å²) in [5.74, 6) is 0.907. The van der Waals surface area contributed by atoms with Crippen LogP contribution in [0.3, 0.4) is 0 Å². The van der Waals surface area contributed by atoms with Gasteiger partial charge in [0.15, 0.2) is 11.5 Å². The molecule has 39 heavy (non-hydrogen) atoms. The standard InChI is InChI=1S/C30H31N3O6/c1-4-36-25-17-23(18-26(37-5-2)28(25)38-6-3)30(35)33-32-29(34)22-14-12-20(13-15-22)19-39-24-11-7-9-21-10-8-16-31-27(21)24/h7-18H,4-6,19H2,1-3H3,(H,32,34)(H,33,35). The monoisotopic (exact) mass is 529 g/mol. The number of pyridine rings is 1. The first-order chi connectivity index (χ1) is 19.0. The molecule has 0 aliphatic rings. The lowest BCUT2D eigenvalue weighted by Crippen LogP contribution is -2.41. The summed E-state index contributed by atoms with van der Waals surface area (Å²) in [6.07, 6.45) is 1.73. The molecule has 202 valence electrons. The van der Waals surface area contributed by atoms with Gasteiger partial charge < -0.3 is 18.9 Å². The number of hydrazine groups is 1. The van der Waals surface area contributed by atoms with E-state index < -0.39 is 11.8 Å². The van der Waals surface area contributed by atoms with E-state index in [4.69, 9.17) is 18.9 Å². The van der Waals surface area contributed by atoms with E-state index in [2.05, 4.69) is 15.8 Å². The van der Waals surface area contributed by atoms with Gasteiger partial charge in [-0.15, -0.1) is 0 Å². The molecule has 9 nitrogen and oxygen atoms in total. The number of carbonyl (C=O) groups excluding carboxylic acids is 2. The first-order valence-electron chi connectivity index (χ1n) is 12.8. The molecular formula is C30H31N3O6. The zero-order valence-corrected chi connectivity index (χ0v) is 22.2. The molecule has 1 heterocycles. The van der Waals surface area contributed by atoms with Gasteiger partial charge in [0, 0.05) is 22.7 Å². The number of fused-ring (bicyclic) bond motifs is 1. The van der Waals surface area contributed by atoms with Gasteiger partial charge in [-0.2, -0.15) is 0 Å². The van der Waals surface area contributed by atoms with E-state index in [1.54, 1.807) is 42.6 Å². The van der Waals surface area contributed by atoms with Gasteiger partial charge in [0.1, 0.15) is 17.9 Å². The number of hydrogen-bond donors (Lipinski definition) is 2. The Morgan fingerprint density at radius 2 is 1.31 bits per heavy atom. The molecular weight excluding hydrogens is 498 g/mol. The molecule has 0 aliphatic heterocycles. The highest BCUT2D eigenvalue weighted by atomic mass is 16.5. The van der Waals surface area contributed by atoms with E-state index in [1.807, 2.05) is 51.1 Å². The molecule has 0 spiro atoms. The van der Waals surface area contributed by atoms with Gasteiger partial charge in [-0.3, -0.25) is 25.4 Å². The Morgan fingerprint density at radius 1 is 0.692 bits per heavy atom. The first kappa shape index (κ1) is 27.3. The van der Waals surface area contributed by atoms with Crippen molar-refractivity contribution in [2.45, 2.75) is 27.4 Å². The number of amides is 2. The second-order valence-electron chi connectivity index (χ2n) is 8.33. The Hall–Kier alpha value is -4.79. The summed E-state index contributed by atoms with van der Waals surface area (Å²) < 4.78 is 22.9. The maximum Gasteiger partial charge on any atom is 0.269 e. The number of nitrogens with zero attached hydrogens (tertiary/aromatic N) is 1. The minimum atomic E-state index is -0.526. The van der Waals surface area contributed by atoms with E-state index in [9.17, 15) is 9.59 Å². The summed E-state index contributed by atoms with van der Waals surface area (Å²) in [4.78, 5) is 29.9. The molecule has 0 aliphatic carbocycles. The average molecular weight is 530 g/mol. The van der Waals surface area contributed by atoms with Gasteiger partial charge in [-0.25, -0.2) is 0 Å². The largest absolute Gasteiger partial charge is 0.490 e. The highest BCUT2D eigenvalue weighted by Crippen LogP contribution is 2.39. The number of carbonyl (C=O) groups is 2. The number of para-hydroxylation sites is 1. The van der Waals surface area contributed by atoms with Crippen molar-refractivity contribution in [1.82, 2.24) is 15.8 Å². The van der Waals surface area contributed by atoms with Crippen LogP contribution < -0.4 is 29.8 Å². The normalized spacial score (nSPS) is 10.5. The van der Waals surface area contributed by atoms with Crippen molar-refractivity contribution in [3.63, 3.8) is 0 Å². The van der Waals surface area contributed by atoms with Crippen LogP contribution >= 0.6 is 0 Å². The molecule has 9 heteroatoms. The fraction of sp³-hybridized carbons (Fsp3) is 0.233. The molecule has 2 N–H and O–H groups in total. The number of rotatable bonds is 11. The Kier molecular flexibility index (Phi) is 9.18. The van der Waals surface area contributed by atoms with Gasteiger partial charge in [-0.1, -0.05) is 30.3 Å². The number of ether oxygens (including phenoxy) is 4. The Morgan fingerprint density at radius 3 is 1.95 bits per heavy atom. The third kappa shape index (κ3) is 6.75. The van der Waals surface area contributed by atoms with E-state index in [0.717, 1.165) is 16.5 Å². The van der Waals surface area contributed by atoms with Crippen LogP contribution in [0.15, 0.2) is 72.9 Å². The molecule has 0 bridgehead atoms. The summed E-state index contributed by atoms with van der Waals surface area (Å²) in [5.41, 5.74) is 7.19. The maximum atomic E-state index is 12.8. The number of aromatic nitrogens is 1. The molecule has 0 radical (unpaired) electrons. The molecule has 1 aromatic heterocycles. The second-order valence-corrected chi connectivity index (χ2v) is 8.33. The average Bonchev–Trinajstić information content (AvgIpc) is 2.96. The molecule has 4 aromatic rings. The molecule has 0 atom stereocenters. The van der Waals surface area contributed by atoms with Crippen LogP contribution in [0.5, 0.6) is 23.0 Å². The van der Waals surface area contributed by atoms with Crippen molar-refractivity contribution in [3.05, 3.63) is 89.6 Å². The predicted molar refractivity (Wildman–Crippen MR) is 147 cm³/mol. The fourth-order valence-corrected chi connectivity index (χ4v) is 3.88. The SMILES string of the molecule is CCOc1cc(C(=O)NNC(=O)c2ccc(COc3cccc4cccnc34)cc2)cc(OCC)c1OCC. The molecule has 0 unspecified atom stereocenters. The molecule has 3 aromatic carbocycles. The molecule has 0 fully saturated rings. The number of hydrogen-bond acceptors (Lipinski definition) is 7. The third-order valence-electron chi connectivity index (χ3n) is 5.67. The van der Waals surface area contributed by atoms with Crippen LogP contribution in [-0.2, 0) is 6.61 Å². The first-order valence-corrected chi connectivity index (χ1v) is 12.8. The minimum absolute atomic E-state index is 0.251. The topological polar surface area (TPSA) is 108 Å². The van der Waals surface area contributed by atoms with E-state index in [-0.39, 0.29) is 5.56 Å². The fourth-order valence-electron chi connectivity index (χ4n) is 3.88. The Labute approximate surface area is 227 Å². The Balaban J connectivity index is 1.38. The minimum Gasteiger partial charge on any atom is -0.490 e. The Bertz CT molecular complexity index is 1410. The van der Waals surface area contributed by atoms with Crippen LogP contribution in [-0.4, -0.2) is 36.6 Å². The van der Waals surface area contributed by atoms with Crippen molar-refractivity contribution in [2.24, 2.45) is 0 Å². The van der Waals surface area contributed by atoms with Gasteiger partial charge in [0.05, 0.1) is 19.8 Å². The van der Waals surface area contributed by atoms with Gasteiger partial charge in [-0.05, 0) is 62.7 Å². The van der Waals surface area contributed by atoms with Crippen molar-refractivity contribution in [3.8, 4) is 23.0 Å². The third-order valence-corrected chi connectivity index (χ3v) is 5.67. The van der Waals surface area contributed by atoms with Crippen molar-refractivity contribution >= 4 is 22.7 Å². The van der Waals surface area contributed by atoms with Crippen molar-refractivity contribution in [1.29, 1.82) is 0 Å². The van der Waals surface area contributed by atoms with Crippen LogP contribution in [0, 0.1) is 0 Å². The number of nitrogens with one attached hydrogen (secondary N) is 2. The predicted octanol–water partition coefficient (Wildman–Crippen LogP) is 5.08.